The van der Waals surface area contributed by atoms with Crippen molar-refractivity contribution in [3.8, 4) is 0 Å². The molecule has 3 aromatic carbocycles. The molecule has 1 N–H and O–H groups in total. The minimum atomic E-state index is -0.593. The van der Waals surface area contributed by atoms with Crippen LogP contribution in [0.5, 0.6) is 0 Å². The Balaban J connectivity index is 1.56. The number of hydrogen-bond donors (Lipinski definition) is 1. The van der Waals surface area contributed by atoms with E-state index in [-0.39, 0.29) is 18.2 Å². The maximum atomic E-state index is 13.7. The monoisotopic (exact) mass is 480 g/mol. The second-order valence-corrected chi connectivity index (χ2v) is 9.52. The van der Waals surface area contributed by atoms with Crippen LogP contribution in [0.2, 0.25) is 0 Å². The molecule has 4 heteroatoms. The molecule has 0 heterocycles. The molecule has 0 saturated carbocycles. The maximum Gasteiger partial charge on any atom is 0.243 e. The summed E-state index contributed by atoms with van der Waals surface area (Å²) in [5.41, 5.74) is 4.43. The Kier molecular flexibility index (Phi) is 9.49. The van der Waals surface area contributed by atoms with Gasteiger partial charge in [-0.2, -0.15) is 0 Å². The summed E-state index contributed by atoms with van der Waals surface area (Å²) in [7, 11) is 0. The zero-order valence-corrected chi connectivity index (χ0v) is 20.9. The molecule has 0 fully saturated rings. The number of allylic oxidation sites excluding steroid dienone is 1. The van der Waals surface area contributed by atoms with Crippen LogP contribution >= 0.6 is 0 Å². The molecule has 0 bridgehead atoms. The highest BCUT2D eigenvalue weighted by Gasteiger charge is 2.30. The molecular weight excluding hydrogens is 444 g/mol. The van der Waals surface area contributed by atoms with Crippen LogP contribution in [0.25, 0.3) is 0 Å². The number of carbonyl (C=O) groups is 2. The summed E-state index contributed by atoms with van der Waals surface area (Å²) in [6.45, 7) is 0.991. The van der Waals surface area contributed by atoms with Crippen molar-refractivity contribution in [3.63, 3.8) is 0 Å². The van der Waals surface area contributed by atoms with E-state index in [1.54, 1.807) is 4.90 Å². The van der Waals surface area contributed by atoms with E-state index in [0.29, 0.717) is 19.5 Å². The van der Waals surface area contributed by atoms with Crippen LogP contribution in [0.15, 0.2) is 103 Å². The van der Waals surface area contributed by atoms with Gasteiger partial charge >= 0.3 is 0 Å². The van der Waals surface area contributed by atoms with Crippen molar-refractivity contribution in [2.24, 2.45) is 0 Å². The van der Waals surface area contributed by atoms with E-state index in [2.05, 4.69) is 11.4 Å². The molecule has 3 aromatic rings. The third kappa shape index (κ3) is 7.67. The predicted octanol–water partition coefficient (Wildman–Crippen LogP) is 5.88. The van der Waals surface area contributed by atoms with E-state index < -0.39 is 6.04 Å². The van der Waals surface area contributed by atoms with Crippen molar-refractivity contribution in [3.05, 3.63) is 119 Å². The molecule has 0 saturated heterocycles. The Morgan fingerprint density at radius 3 is 2.00 bits per heavy atom. The van der Waals surface area contributed by atoms with Crippen LogP contribution in [-0.2, 0) is 29.0 Å². The van der Waals surface area contributed by atoms with Crippen LogP contribution in [-0.4, -0.2) is 29.3 Å². The number of benzene rings is 3. The summed E-state index contributed by atoms with van der Waals surface area (Å²) < 4.78 is 0. The first-order valence-electron chi connectivity index (χ1n) is 13.1. The predicted molar refractivity (Wildman–Crippen MR) is 145 cm³/mol. The third-order valence-corrected chi connectivity index (χ3v) is 6.80. The molecule has 36 heavy (non-hydrogen) atoms. The van der Waals surface area contributed by atoms with Crippen LogP contribution in [0.1, 0.15) is 48.8 Å². The summed E-state index contributed by atoms with van der Waals surface area (Å²) in [6, 6.07) is 29.1. The largest absolute Gasteiger partial charge is 0.354 e. The van der Waals surface area contributed by atoms with Gasteiger partial charge in [-0.05, 0) is 48.8 Å². The fourth-order valence-corrected chi connectivity index (χ4v) is 4.80. The van der Waals surface area contributed by atoms with Gasteiger partial charge in [0.05, 0.1) is 6.42 Å². The summed E-state index contributed by atoms with van der Waals surface area (Å²) in [5.74, 6) is -0.135. The van der Waals surface area contributed by atoms with Gasteiger partial charge in [0.25, 0.3) is 0 Å². The number of nitrogens with one attached hydrogen (secondary N) is 1. The molecule has 1 aliphatic rings. The standard InChI is InChI=1S/C32H36N2O2/c35-31(24-28-17-9-3-10-18-28)34(25-29-19-11-4-12-20-29)30(23-27-15-7-2-8-16-27)32(36)33-22-21-26-13-5-1-6-14-26/h2-4,7-13,15-20,30H,1,5-6,14,21-25H2,(H,33,36)/t30-/m1/s1. The van der Waals surface area contributed by atoms with Gasteiger partial charge in [0, 0.05) is 19.5 Å². The van der Waals surface area contributed by atoms with E-state index in [1.807, 2.05) is 91.0 Å². The molecule has 0 spiro atoms. The van der Waals surface area contributed by atoms with E-state index in [1.165, 1.54) is 18.4 Å². The molecule has 1 atom stereocenters. The SMILES string of the molecule is O=C(NCCC1=CCCCC1)[C@@H](Cc1ccccc1)N(Cc1ccccc1)C(=O)Cc1ccccc1. The maximum absolute atomic E-state index is 13.7. The number of amides is 2. The smallest absolute Gasteiger partial charge is 0.243 e. The minimum absolute atomic E-state index is 0.0453. The third-order valence-electron chi connectivity index (χ3n) is 6.80. The number of rotatable bonds is 11. The Hall–Kier alpha value is -3.66. The van der Waals surface area contributed by atoms with E-state index >= 15 is 0 Å². The average Bonchev–Trinajstić information content (AvgIpc) is 2.93. The second-order valence-electron chi connectivity index (χ2n) is 9.52. The summed E-state index contributed by atoms with van der Waals surface area (Å²) in [5, 5.41) is 3.16. The summed E-state index contributed by atoms with van der Waals surface area (Å²) >= 11 is 0. The highest BCUT2D eigenvalue weighted by atomic mass is 16.2. The van der Waals surface area contributed by atoms with Crippen LogP contribution in [0, 0.1) is 0 Å². The Morgan fingerprint density at radius 1 is 0.778 bits per heavy atom. The van der Waals surface area contributed by atoms with Gasteiger partial charge in [0.1, 0.15) is 6.04 Å². The quantitative estimate of drug-likeness (QED) is 0.349. The molecule has 186 valence electrons. The van der Waals surface area contributed by atoms with E-state index in [4.69, 9.17) is 0 Å². The van der Waals surface area contributed by atoms with E-state index in [0.717, 1.165) is 36.0 Å². The van der Waals surface area contributed by atoms with Gasteiger partial charge in [0.15, 0.2) is 0 Å². The van der Waals surface area contributed by atoms with Crippen LogP contribution < -0.4 is 5.32 Å². The first-order chi connectivity index (χ1) is 17.7. The van der Waals surface area contributed by atoms with Crippen LogP contribution in [0.4, 0.5) is 0 Å². The molecule has 1 aliphatic carbocycles. The van der Waals surface area contributed by atoms with Crippen LogP contribution in [0.3, 0.4) is 0 Å². The van der Waals surface area contributed by atoms with Crippen molar-refractivity contribution in [1.29, 1.82) is 0 Å². The number of hydrogen-bond acceptors (Lipinski definition) is 2. The van der Waals surface area contributed by atoms with Crippen molar-refractivity contribution in [1.82, 2.24) is 10.2 Å². The highest BCUT2D eigenvalue weighted by Crippen LogP contribution is 2.20. The van der Waals surface area contributed by atoms with Crippen molar-refractivity contribution in [2.75, 3.05) is 6.54 Å². The van der Waals surface area contributed by atoms with Crippen molar-refractivity contribution >= 4 is 11.8 Å². The fourth-order valence-electron chi connectivity index (χ4n) is 4.80. The molecule has 0 aliphatic heterocycles. The number of nitrogens with zero attached hydrogens (tertiary/aromatic N) is 1. The molecule has 2 amide bonds. The molecule has 0 aromatic heterocycles. The molecular formula is C32H36N2O2. The average molecular weight is 481 g/mol. The molecule has 4 nitrogen and oxygen atoms in total. The number of carbonyl (C=O) groups excluding carboxylic acids is 2. The van der Waals surface area contributed by atoms with Gasteiger partial charge in [-0.3, -0.25) is 9.59 Å². The van der Waals surface area contributed by atoms with Gasteiger partial charge in [-0.25, -0.2) is 0 Å². The zero-order valence-electron chi connectivity index (χ0n) is 20.9. The lowest BCUT2D eigenvalue weighted by Crippen LogP contribution is -2.51. The fraction of sp³-hybridized carbons (Fsp3) is 0.312. The molecule has 4 rings (SSSR count). The Morgan fingerprint density at radius 2 is 1.39 bits per heavy atom. The second kappa shape index (κ2) is 13.4. The first kappa shape index (κ1) is 25.4. The van der Waals surface area contributed by atoms with E-state index in [9.17, 15) is 9.59 Å². The lowest BCUT2D eigenvalue weighted by molar-refractivity contribution is -0.140. The van der Waals surface area contributed by atoms with Gasteiger partial charge in [-0.15, -0.1) is 0 Å². The lowest BCUT2D eigenvalue weighted by Gasteiger charge is -2.32. The van der Waals surface area contributed by atoms with Gasteiger partial charge in [-0.1, -0.05) is 103 Å². The van der Waals surface area contributed by atoms with Crippen molar-refractivity contribution < 1.29 is 9.59 Å². The molecule has 0 radical (unpaired) electrons. The first-order valence-corrected chi connectivity index (χ1v) is 13.1. The summed E-state index contributed by atoms with van der Waals surface area (Å²) in [6.07, 6.45) is 8.69. The summed E-state index contributed by atoms with van der Waals surface area (Å²) in [4.78, 5) is 29.1. The Bertz CT molecular complexity index is 1130. The lowest BCUT2D eigenvalue weighted by atomic mass is 9.97. The minimum Gasteiger partial charge on any atom is -0.354 e. The Labute approximate surface area is 215 Å². The zero-order chi connectivity index (χ0) is 25.0. The van der Waals surface area contributed by atoms with Gasteiger partial charge in [0.2, 0.25) is 11.8 Å². The topological polar surface area (TPSA) is 49.4 Å². The highest BCUT2D eigenvalue weighted by molar-refractivity contribution is 5.88. The normalized spacial score (nSPS) is 13.9. The molecule has 0 unspecified atom stereocenters. The van der Waals surface area contributed by atoms with Gasteiger partial charge < -0.3 is 10.2 Å². The van der Waals surface area contributed by atoms with Crippen molar-refractivity contribution in [2.45, 2.75) is 57.5 Å².